The van der Waals surface area contributed by atoms with Crippen LogP contribution >= 0.6 is 0 Å². The summed E-state index contributed by atoms with van der Waals surface area (Å²) in [5.74, 6) is -12.6. The van der Waals surface area contributed by atoms with E-state index < -0.39 is 237 Å². The lowest BCUT2D eigenvalue weighted by molar-refractivity contribution is -0.279. The van der Waals surface area contributed by atoms with Crippen molar-refractivity contribution < 1.29 is 191 Å². The summed E-state index contributed by atoms with van der Waals surface area (Å²) in [6.07, 6.45) is -10.7. The molecule has 58 nitrogen and oxygen atoms in total. The maximum atomic E-state index is 13.9. The van der Waals surface area contributed by atoms with E-state index in [4.69, 9.17) is 104 Å². The van der Waals surface area contributed by atoms with E-state index in [0.29, 0.717) is 48.6 Å². The lowest BCUT2D eigenvalue weighted by Gasteiger charge is -2.45. The largest absolute Gasteiger partial charge is 0.480 e. The van der Waals surface area contributed by atoms with Crippen molar-refractivity contribution in [1.82, 2.24) is 91.0 Å². The van der Waals surface area contributed by atoms with Gasteiger partial charge in [-0.3, -0.25) is 86.5 Å². The van der Waals surface area contributed by atoms with Crippen LogP contribution in [0, 0.1) is 5.92 Å². The number of ketones is 1. The molecule has 0 saturated carbocycles. The molecule has 0 spiro atoms. The molecule has 0 bridgehead atoms. The van der Waals surface area contributed by atoms with Gasteiger partial charge in [0, 0.05) is 174 Å². The fourth-order valence-corrected chi connectivity index (χ4v) is 17.0. The Hall–Kier alpha value is -12.8. The van der Waals surface area contributed by atoms with Gasteiger partial charge in [-0.1, -0.05) is 27.3 Å². The van der Waals surface area contributed by atoms with Crippen LogP contribution in [0.1, 0.15) is 172 Å². The van der Waals surface area contributed by atoms with E-state index in [2.05, 4.69) is 62.5 Å². The molecule has 4 fully saturated rings. The Balaban J connectivity index is 0.979. The number of nitrogens with one attached hydrogen (secondary N) is 4. The van der Waals surface area contributed by atoms with Gasteiger partial charge in [0.2, 0.25) is 23.6 Å². The summed E-state index contributed by atoms with van der Waals surface area (Å²) in [6.45, 7) is 18.0. The Morgan fingerprint density at radius 2 is 0.633 bits per heavy atom. The minimum atomic E-state index is -1.37. The van der Waals surface area contributed by atoms with Crippen molar-refractivity contribution in [3.05, 3.63) is 47.6 Å². The Morgan fingerprint density at radius 3 is 0.967 bits per heavy atom. The summed E-state index contributed by atoms with van der Waals surface area (Å²) in [5, 5.41) is 57.3. The van der Waals surface area contributed by atoms with Crippen LogP contribution in [-0.4, -0.2) is 404 Å². The SMILES string of the molecule is CC(=O)C[C@@H]1[C@@H](NC(C)=O)[C@H](OCCOCCn2cc(CN(Cc3cn(CCOCCO[C@@H]4O[C@H](COC(C)=O)[C@H](OC(C)=O)[C@H](OC(C)=O)[C@H]4NC(C)=O)nn3)[C@@H](CCCCN(Cc3cn(CCOCCC[C@@H]4O[C@H](COC(C)=O)[C@H](OC(C)=O)[C@H](OC(C)=O)[C@H]4NC(C)=O)nn3)Cc3cn(CCOCCO[C@@H]4O[C@H](COC(C)=O)[C@H](OC(C)=O)[C@H](OC(C)=O)[C@H]4NC(C)=O)nn3)C(=O)O)nn2)O[C@H](COC(C)=O)[C@@H]1OC(C)=O. The number of Topliss-reactive ketones (excluding diaryl/α,β-unsaturated/α-hetero) is 1. The van der Waals surface area contributed by atoms with Gasteiger partial charge in [-0.25, -0.2) is 18.7 Å². The highest BCUT2D eigenvalue weighted by Gasteiger charge is 2.56. The molecule has 4 aliphatic rings. The molecule has 150 heavy (non-hydrogen) atoms. The Morgan fingerprint density at radius 1 is 0.333 bits per heavy atom. The Kier molecular flexibility index (Phi) is 51.2. The molecule has 4 saturated heterocycles. The van der Waals surface area contributed by atoms with Crippen molar-refractivity contribution >= 4 is 101 Å². The van der Waals surface area contributed by atoms with Crippen molar-refractivity contribution in [2.75, 3.05) is 106 Å². The third kappa shape index (κ3) is 42.9. The summed E-state index contributed by atoms with van der Waals surface area (Å²) in [7, 11) is 0. The van der Waals surface area contributed by atoms with Crippen molar-refractivity contribution in [3.63, 3.8) is 0 Å². The zero-order valence-corrected chi connectivity index (χ0v) is 86.8. The zero-order valence-electron chi connectivity index (χ0n) is 86.8. The van der Waals surface area contributed by atoms with Gasteiger partial charge in [0.15, 0.2) is 55.5 Å². The number of amides is 4. The van der Waals surface area contributed by atoms with Crippen LogP contribution in [0.15, 0.2) is 24.8 Å². The normalized spacial score (nSPS) is 23.7. The van der Waals surface area contributed by atoms with E-state index in [9.17, 15) is 86.6 Å². The molecule has 4 aliphatic heterocycles. The standard InChI is InChI=1S/C92H138N18O40/c1-51(111)38-71-78(93-52(2)112)90(148-74(47-136-56(6)116)82(71)140-60(10)120)133-35-32-130-30-25-109-45-69(99-103-109)41-106(42-70-46-110(104-100-70)26-31-132-34-37-135-92-81(96-55(5)115)88(146-66(16)126)85(143-63(13)123)77(150-92)50-139-59(9)119)72(89(127)128)20-17-18-22-105(39-67-43-107(101-97-67)23-28-129-27-19-21-73-79(94-53(3)113)86(144-64(14)124)83(141-61(11)121)75(147-73)48-137-57(7)117)40-68-44-108(102-98-68)24-29-131-33-36-134-91-80(95-54(4)114)87(145-65(15)125)84(142-62(12)122)76(149-91)49-138-58(8)118/h43-46,71-88,90-92H,17-42,47-50H2,1-16H3,(H,93,112)(H,94,113)(H,95,114)(H,96,115)(H,127,128)/t71-,72+,73+,74-,75-,76-,77-,78-,79+,80-,81-,82-,83+,84+,85+,86-,87-,88-,90-,91-,92-/m1/s1. The molecule has 21 atom stereocenters. The molecular formula is C92H138N18O40. The molecule has 8 rings (SSSR count). The number of carbonyl (C=O) groups is 17. The quantitative estimate of drug-likeness (QED) is 0.0175. The van der Waals surface area contributed by atoms with Crippen LogP contribution in [0.3, 0.4) is 0 Å². The number of aliphatic carboxylic acids is 1. The van der Waals surface area contributed by atoms with Gasteiger partial charge < -0.3 is 135 Å². The van der Waals surface area contributed by atoms with E-state index in [0.717, 1.165) is 62.3 Å². The molecule has 0 unspecified atom stereocenters. The first-order valence-electron chi connectivity index (χ1n) is 48.7. The second-order valence-electron chi connectivity index (χ2n) is 35.6. The number of unbranched alkanes of at least 4 members (excludes halogenated alkanes) is 1. The van der Waals surface area contributed by atoms with E-state index in [1.54, 1.807) is 39.1 Å². The van der Waals surface area contributed by atoms with Crippen molar-refractivity contribution in [3.8, 4) is 0 Å². The molecule has 5 N–H and O–H groups in total. The van der Waals surface area contributed by atoms with Crippen molar-refractivity contribution in [2.24, 2.45) is 5.92 Å². The fraction of sp³-hybridized carbons (Fsp3) is 0.728. The topological polar surface area (TPSA) is 691 Å². The molecule has 0 aliphatic carbocycles. The van der Waals surface area contributed by atoms with Crippen LogP contribution in [0.25, 0.3) is 0 Å². The molecule has 8 heterocycles. The Labute approximate surface area is 862 Å². The van der Waals surface area contributed by atoms with Crippen LogP contribution in [0.5, 0.6) is 0 Å². The minimum absolute atomic E-state index is 0.0140. The number of ether oxygens (including phenoxy) is 22. The molecule has 0 radical (unpaired) electrons. The van der Waals surface area contributed by atoms with E-state index in [1.807, 2.05) is 4.90 Å². The fourth-order valence-electron chi connectivity index (χ4n) is 17.0. The number of nitrogens with zero attached hydrogens (tertiary/aromatic N) is 14. The van der Waals surface area contributed by atoms with Gasteiger partial charge in [0.25, 0.3) is 0 Å². The second kappa shape index (κ2) is 62.8. The van der Waals surface area contributed by atoms with Gasteiger partial charge in [-0.05, 0) is 39.2 Å². The number of rotatable bonds is 64. The van der Waals surface area contributed by atoms with Gasteiger partial charge >= 0.3 is 71.6 Å². The first kappa shape index (κ1) is 122. The Bertz CT molecular complexity index is 4790. The van der Waals surface area contributed by atoms with Crippen molar-refractivity contribution in [1.29, 1.82) is 0 Å². The van der Waals surface area contributed by atoms with Gasteiger partial charge in [0.1, 0.15) is 80.9 Å². The van der Waals surface area contributed by atoms with Crippen LogP contribution in [0.4, 0.5) is 0 Å². The van der Waals surface area contributed by atoms with E-state index in [-0.39, 0.29) is 163 Å². The monoisotopic (exact) mass is 2130 g/mol. The van der Waals surface area contributed by atoms with E-state index >= 15 is 0 Å². The molecular weight excluding hydrogens is 2000 g/mol. The lowest BCUT2D eigenvalue weighted by Crippen LogP contribution is -2.66. The van der Waals surface area contributed by atoms with Gasteiger partial charge in [-0.2, -0.15) is 0 Å². The summed E-state index contributed by atoms with van der Waals surface area (Å²) >= 11 is 0. The number of carbonyl (C=O) groups excluding carboxylic acids is 16. The number of carboxylic acid groups (broad SMARTS) is 1. The summed E-state index contributed by atoms with van der Waals surface area (Å²) in [4.78, 5) is 215. The maximum Gasteiger partial charge on any atom is 0.320 e. The molecule has 58 heteroatoms. The molecule has 0 aromatic carbocycles. The highest BCUT2D eigenvalue weighted by molar-refractivity contribution is 5.78. The van der Waals surface area contributed by atoms with Crippen LogP contribution in [-0.2, 0) is 238 Å². The third-order valence-corrected chi connectivity index (χ3v) is 22.8. The zero-order chi connectivity index (χ0) is 110. The highest BCUT2D eigenvalue weighted by Crippen LogP contribution is 2.36. The van der Waals surface area contributed by atoms with Crippen molar-refractivity contribution in [2.45, 2.75) is 324 Å². The second-order valence-corrected chi connectivity index (χ2v) is 35.6. The smallest absolute Gasteiger partial charge is 0.320 e. The summed E-state index contributed by atoms with van der Waals surface area (Å²) in [6, 6.07) is -5.69. The number of hydrogen-bond donors (Lipinski definition) is 5. The molecule has 836 valence electrons. The maximum absolute atomic E-state index is 13.9. The highest BCUT2D eigenvalue weighted by atomic mass is 16.7. The number of aromatic nitrogens is 12. The van der Waals surface area contributed by atoms with Crippen LogP contribution in [0.2, 0.25) is 0 Å². The predicted molar refractivity (Wildman–Crippen MR) is 498 cm³/mol. The van der Waals surface area contributed by atoms with Crippen LogP contribution < -0.4 is 21.3 Å². The summed E-state index contributed by atoms with van der Waals surface area (Å²) in [5.41, 5.74) is 1.69. The van der Waals surface area contributed by atoms with Gasteiger partial charge in [-0.15, -0.1) is 20.4 Å². The minimum Gasteiger partial charge on any atom is -0.480 e. The first-order chi connectivity index (χ1) is 71.3. The predicted octanol–water partition coefficient (Wildman–Crippen LogP) is -2.39. The number of hydrogen-bond acceptors (Lipinski definition) is 49. The van der Waals surface area contributed by atoms with E-state index in [1.165, 1.54) is 57.8 Å². The molecule has 4 amide bonds. The average Bonchev–Trinajstić information content (AvgIpc) is 1.02. The molecule has 4 aromatic heterocycles. The van der Waals surface area contributed by atoms with Gasteiger partial charge in [0.05, 0.1) is 133 Å². The lowest BCUT2D eigenvalue weighted by atomic mass is 9.83. The summed E-state index contributed by atoms with van der Waals surface area (Å²) < 4.78 is 133. The molecule has 4 aromatic rings. The number of carboxylic acids is 1. The number of esters is 11. The average molecular weight is 2140 g/mol. The third-order valence-electron chi connectivity index (χ3n) is 22.8. The first-order valence-corrected chi connectivity index (χ1v) is 48.7.